The number of aromatic nitrogens is 1. The molecule has 0 unspecified atom stereocenters. The number of allylic oxidation sites excluding steroid dienone is 1. The highest BCUT2D eigenvalue weighted by molar-refractivity contribution is 5.89. The van der Waals surface area contributed by atoms with Gasteiger partial charge in [0.2, 0.25) is 5.75 Å². The molecule has 25 heavy (non-hydrogen) atoms. The van der Waals surface area contributed by atoms with Gasteiger partial charge in [0.15, 0.2) is 5.75 Å². The number of hydrogen-bond donors (Lipinski definition) is 2. The number of benzene rings is 1. The molecule has 0 radical (unpaired) electrons. The average Bonchev–Trinajstić information content (AvgIpc) is 2.60. The van der Waals surface area contributed by atoms with Gasteiger partial charge in [0, 0.05) is 17.7 Å². The molecule has 0 aliphatic heterocycles. The van der Waals surface area contributed by atoms with Crippen LogP contribution in [0.4, 0.5) is 0 Å². The largest absolute Gasteiger partial charge is 0.508 e. The van der Waals surface area contributed by atoms with Gasteiger partial charge in [-0.25, -0.2) is 0 Å². The SMILES string of the molecule is C/C=C\n1c(=O)c(OCCCCCCCC)c(O)c2ccc(O)cc21. The smallest absolute Gasteiger partial charge is 0.301 e. The molecule has 2 N–H and O–H groups in total. The summed E-state index contributed by atoms with van der Waals surface area (Å²) in [7, 11) is 0. The number of hydrogen-bond acceptors (Lipinski definition) is 4. The van der Waals surface area contributed by atoms with E-state index in [-0.39, 0.29) is 17.2 Å². The molecule has 0 fully saturated rings. The minimum absolute atomic E-state index is 0.0327. The van der Waals surface area contributed by atoms with Gasteiger partial charge in [-0.1, -0.05) is 45.1 Å². The Balaban J connectivity index is 2.22. The van der Waals surface area contributed by atoms with Crippen LogP contribution in [0.2, 0.25) is 0 Å². The van der Waals surface area contributed by atoms with E-state index >= 15 is 0 Å². The first-order valence-corrected chi connectivity index (χ1v) is 8.96. The van der Waals surface area contributed by atoms with Gasteiger partial charge < -0.3 is 14.9 Å². The fourth-order valence-corrected chi connectivity index (χ4v) is 2.85. The molecule has 0 amide bonds. The van der Waals surface area contributed by atoms with Crippen molar-refractivity contribution in [2.45, 2.75) is 52.4 Å². The van der Waals surface area contributed by atoms with Crippen LogP contribution in [0.5, 0.6) is 17.2 Å². The lowest BCUT2D eigenvalue weighted by Gasteiger charge is -2.13. The van der Waals surface area contributed by atoms with Crippen molar-refractivity contribution in [1.82, 2.24) is 4.57 Å². The molecule has 136 valence electrons. The van der Waals surface area contributed by atoms with Crippen LogP contribution in [0.25, 0.3) is 17.1 Å². The van der Waals surface area contributed by atoms with Gasteiger partial charge in [-0.2, -0.15) is 0 Å². The number of ether oxygens (including phenoxy) is 1. The number of phenols is 1. The van der Waals surface area contributed by atoms with Crippen LogP contribution < -0.4 is 10.3 Å². The molecule has 0 bridgehead atoms. The molecule has 0 aliphatic rings. The first-order chi connectivity index (χ1) is 12.1. The van der Waals surface area contributed by atoms with E-state index in [9.17, 15) is 15.0 Å². The fourth-order valence-electron chi connectivity index (χ4n) is 2.85. The summed E-state index contributed by atoms with van der Waals surface area (Å²) < 4.78 is 7.00. The second-order valence-electron chi connectivity index (χ2n) is 6.15. The number of aromatic hydroxyl groups is 2. The van der Waals surface area contributed by atoms with Gasteiger partial charge >= 0.3 is 5.56 Å². The van der Waals surface area contributed by atoms with Crippen molar-refractivity contribution in [3.05, 3.63) is 34.6 Å². The predicted molar refractivity (Wildman–Crippen MR) is 101 cm³/mol. The van der Waals surface area contributed by atoms with E-state index in [2.05, 4.69) is 6.92 Å². The summed E-state index contributed by atoms with van der Waals surface area (Å²) in [6.45, 7) is 4.38. The van der Waals surface area contributed by atoms with Crippen LogP contribution in [-0.4, -0.2) is 21.4 Å². The summed E-state index contributed by atoms with van der Waals surface area (Å²) in [6, 6.07) is 4.51. The van der Waals surface area contributed by atoms with Crippen molar-refractivity contribution in [1.29, 1.82) is 0 Å². The van der Waals surface area contributed by atoms with Crippen molar-refractivity contribution in [3.63, 3.8) is 0 Å². The molecule has 0 spiro atoms. The van der Waals surface area contributed by atoms with E-state index in [1.54, 1.807) is 25.3 Å². The third kappa shape index (κ3) is 4.56. The Morgan fingerprint density at radius 2 is 1.84 bits per heavy atom. The van der Waals surface area contributed by atoms with Gasteiger partial charge in [-0.3, -0.25) is 9.36 Å². The minimum Gasteiger partial charge on any atom is -0.508 e. The number of phenolic OH excluding ortho intramolecular Hbond substituents is 1. The number of pyridine rings is 1. The first kappa shape index (κ1) is 18.9. The number of unbranched alkanes of at least 4 members (excludes halogenated alkanes) is 5. The average molecular weight is 345 g/mol. The molecule has 0 saturated heterocycles. The normalized spacial score (nSPS) is 11.4. The highest BCUT2D eigenvalue weighted by Gasteiger charge is 2.17. The standard InChI is InChI=1S/C20H27NO4/c1-3-5-6-7-8-9-13-25-19-18(23)16-11-10-15(22)14-17(16)21(12-4-2)20(19)24/h4,10-12,14,22-23H,3,5-9,13H2,1-2H3/b12-4-. The molecular weight excluding hydrogens is 318 g/mol. The van der Waals surface area contributed by atoms with Gasteiger partial charge in [-0.15, -0.1) is 0 Å². The third-order valence-electron chi connectivity index (χ3n) is 4.17. The summed E-state index contributed by atoms with van der Waals surface area (Å²) in [5.41, 5.74) is 0.00667. The van der Waals surface area contributed by atoms with Crippen molar-refractivity contribution in [3.8, 4) is 17.2 Å². The van der Waals surface area contributed by atoms with E-state index in [0.717, 1.165) is 19.3 Å². The van der Waals surface area contributed by atoms with Crippen LogP contribution in [0.15, 0.2) is 29.1 Å². The van der Waals surface area contributed by atoms with Crippen molar-refractivity contribution in [2.75, 3.05) is 6.61 Å². The summed E-state index contributed by atoms with van der Waals surface area (Å²) >= 11 is 0. The summed E-state index contributed by atoms with van der Waals surface area (Å²) in [5, 5.41) is 20.6. The maximum atomic E-state index is 12.7. The van der Waals surface area contributed by atoms with Crippen molar-refractivity contribution < 1.29 is 14.9 Å². The zero-order valence-corrected chi connectivity index (χ0v) is 15.0. The maximum absolute atomic E-state index is 12.7. The Hall–Kier alpha value is -2.43. The second kappa shape index (κ2) is 9.16. The molecule has 1 aromatic carbocycles. The zero-order valence-electron chi connectivity index (χ0n) is 15.0. The summed E-state index contributed by atoms with van der Waals surface area (Å²) in [5.74, 6) is -0.179. The van der Waals surface area contributed by atoms with E-state index in [0.29, 0.717) is 17.5 Å². The molecule has 5 heteroatoms. The van der Waals surface area contributed by atoms with E-state index in [1.807, 2.05) is 0 Å². The highest BCUT2D eigenvalue weighted by atomic mass is 16.5. The molecule has 1 heterocycles. The molecule has 5 nitrogen and oxygen atoms in total. The molecule has 2 rings (SSSR count). The zero-order chi connectivity index (χ0) is 18.2. The maximum Gasteiger partial charge on any atom is 0.301 e. The Bertz CT molecular complexity index is 792. The summed E-state index contributed by atoms with van der Waals surface area (Å²) in [4.78, 5) is 12.7. The fraction of sp³-hybridized carbons (Fsp3) is 0.450. The predicted octanol–water partition coefficient (Wildman–Crippen LogP) is 4.64. The van der Waals surface area contributed by atoms with Crippen LogP contribution >= 0.6 is 0 Å². The van der Waals surface area contributed by atoms with Gasteiger partial charge in [0.25, 0.3) is 0 Å². The Labute approximate surface area is 148 Å². The molecule has 0 aliphatic carbocycles. The molecule has 2 aromatic rings. The number of nitrogens with zero attached hydrogens (tertiary/aromatic N) is 1. The van der Waals surface area contributed by atoms with E-state index < -0.39 is 5.56 Å². The Morgan fingerprint density at radius 1 is 1.12 bits per heavy atom. The van der Waals surface area contributed by atoms with Crippen molar-refractivity contribution in [2.24, 2.45) is 0 Å². The molecule has 1 aromatic heterocycles. The lowest BCUT2D eigenvalue weighted by molar-refractivity contribution is 0.285. The number of rotatable bonds is 9. The minimum atomic E-state index is -0.431. The third-order valence-corrected chi connectivity index (χ3v) is 4.17. The lowest BCUT2D eigenvalue weighted by Crippen LogP contribution is -2.19. The summed E-state index contributed by atoms with van der Waals surface area (Å²) in [6.07, 6.45) is 10.0. The first-order valence-electron chi connectivity index (χ1n) is 8.96. The Morgan fingerprint density at radius 3 is 2.56 bits per heavy atom. The second-order valence-corrected chi connectivity index (χ2v) is 6.15. The topological polar surface area (TPSA) is 71.7 Å². The lowest BCUT2D eigenvalue weighted by atomic mass is 10.1. The van der Waals surface area contributed by atoms with E-state index in [1.165, 1.54) is 36.0 Å². The van der Waals surface area contributed by atoms with Crippen LogP contribution in [0.3, 0.4) is 0 Å². The Kier molecular flexibility index (Phi) is 6.92. The van der Waals surface area contributed by atoms with Crippen LogP contribution in [-0.2, 0) is 0 Å². The van der Waals surface area contributed by atoms with Gasteiger partial charge in [0.1, 0.15) is 5.75 Å². The van der Waals surface area contributed by atoms with E-state index in [4.69, 9.17) is 4.74 Å². The quantitative estimate of drug-likeness (QED) is 0.649. The van der Waals surface area contributed by atoms with Crippen LogP contribution in [0.1, 0.15) is 52.4 Å². The van der Waals surface area contributed by atoms with Gasteiger partial charge in [0.05, 0.1) is 12.1 Å². The van der Waals surface area contributed by atoms with Crippen LogP contribution in [0, 0.1) is 0 Å². The molecule has 0 saturated carbocycles. The monoisotopic (exact) mass is 345 g/mol. The van der Waals surface area contributed by atoms with Crippen molar-refractivity contribution >= 4 is 17.1 Å². The molecule has 0 atom stereocenters. The van der Waals surface area contributed by atoms with Gasteiger partial charge in [-0.05, 0) is 25.5 Å². The highest BCUT2D eigenvalue weighted by Crippen LogP contribution is 2.33. The number of fused-ring (bicyclic) bond motifs is 1. The molecular formula is C20H27NO4.